The molecule has 0 bridgehead atoms. The van der Waals surface area contributed by atoms with Crippen LogP contribution in [-0.2, 0) is 0 Å². The van der Waals surface area contributed by atoms with E-state index in [1.807, 2.05) is 0 Å². The molecule has 2 N–H and O–H groups in total. The van der Waals surface area contributed by atoms with E-state index in [1.54, 1.807) is 0 Å². The highest BCUT2D eigenvalue weighted by Gasteiger charge is 2.18. The quantitative estimate of drug-likeness (QED) is 0.883. The summed E-state index contributed by atoms with van der Waals surface area (Å²) in [5.74, 6) is 1.59. The number of rotatable bonds is 3. The SMILES string of the molecule is Cc1ccc(C(C)C)cc1-c1oc(N)nc1C(C)C. The molecule has 0 saturated heterocycles. The lowest BCUT2D eigenvalue weighted by molar-refractivity contribution is 0.591. The van der Waals surface area contributed by atoms with E-state index in [4.69, 9.17) is 10.2 Å². The molecule has 0 aliphatic carbocycles. The Morgan fingerprint density at radius 2 is 1.79 bits per heavy atom. The van der Waals surface area contributed by atoms with Gasteiger partial charge >= 0.3 is 0 Å². The lowest BCUT2D eigenvalue weighted by atomic mass is 9.94. The van der Waals surface area contributed by atoms with Gasteiger partial charge in [0.1, 0.15) is 0 Å². The molecule has 3 nitrogen and oxygen atoms in total. The maximum absolute atomic E-state index is 5.72. The number of aromatic nitrogens is 1. The Labute approximate surface area is 114 Å². The van der Waals surface area contributed by atoms with E-state index in [1.165, 1.54) is 11.1 Å². The summed E-state index contributed by atoms with van der Waals surface area (Å²) in [5.41, 5.74) is 10.2. The predicted molar refractivity (Wildman–Crippen MR) is 79.3 cm³/mol. The minimum absolute atomic E-state index is 0.244. The Hall–Kier alpha value is -1.77. The first-order valence-electron chi connectivity index (χ1n) is 6.77. The summed E-state index contributed by atoms with van der Waals surface area (Å²) < 4.78 is 5.64. The first-order chi connectivity index (χ1) is 8.90. The number of benzene rings is 1. The van der Waals surface area contributed by atoms with Crippen LogP contribution in [0.3, 0.4) is 0 Å². The Balaban J connectivity index is 2.61. The average molecular weight is 258 g/mol. The van der Waals surface area contributed by atoms with E-state index in [2.05, 4.69) is 57.8 Å². The normalized spacial score (nSPS) is 11.5. The molecule has 2 aromatic rings. The number of nitrogen functional groups attached to an aromatic ring is 1. The second kappa shape index (κ2) is 5.08. The van der Waals surface area contributed by atoms with Crippen molar-refractivity contribution in [3.63, 3.8) is 0 Å². The number of oxazole rings is 1. The predicted octanol–water partition coefficient (Wildman–Crippen LogP) is 4.48. The molecule has 1 aromatic heterocycles. The zero-order valence-corrected chi connectivity index (χ0v) is 12.3. The first-order valence-corrected chi connectivity index (χ1v) is 6.77. The van der Waals surface area contributed by atoms with Gasteiger partial charge in [-0.1, -0.05) is 39.8 Å². The molecular formula is C16H22N2O. The Bertz CT molecular complexity index is 582. The fourth-order valence-electron chi connectivity index (χ4n) is 2.18. The minimum atomic E-state index is 0.244. The van der Waals surface area contributed by atoms with Crippen LogP contribution in [0.15, 0.2) is 22.6 Å². The summed E-state index contributed by atoms with van der Waals surface area (Å²) in [6.45, 7) is 10.7. The number of aryl methyl sites for hydroxylation is 1. The summed E-state index contributed by atoms with van der Waals surface area (Å²) in [7, 11) is 0. The van der Waals surface area contributed by atoms with Gasteiger partial charge in [-0.3, -0.25) is 0 Å². The van der Waals surface area contributed by atoms with Crippen LogP contribution in [0.25, 0.3) is 11.3 Å². The molecule has 19 heavy (non-hydrogen) atoms. The van der Waals surface area contributed by atoms with Crippen molar-refractivity contribution in [2.45, 2.75) is 46.5 Å². The maximum atomic E-state index is 5.72. The van der Waals surface area contributed by atoms with E-state index >= 15 is 0 Å². The average Bonchev–Trinajstić information content (AvgIpc) is 2.71. The molecule has 3 heteroatoms. The maximum Gasteiger partial charge on any atom is 0.292 e. The highest BCUT2D eigenvalue weighted by molar-refractivity contribution is 5.66. The van der Waals surface area contributed by atoms with Crippen LogP contribution in [0.1, 0.15) is 56.4 Å². The highest BCUT2D eigenvalue weighted by atomic mass is 16.4. The van der Waals surface area contributed by atoms with Gasteiger partial charge in [0.25, 0.3) is 6.01 Å². The van der Waals surface area contributed by atoms with Crippen LogP contribution in [0.4, 0.5) is 6.01 Å². The van der Waals surface area contributed by atoms with Crippen molar-refractivity contribution < 1.29 is 4.42 Å². The lowest BCUT2D eigenvalue weighted by Gasteiger charge is -2.11. The van der Waals surface area contributed by atoms with E-state index in [0.717, 1.165) is 17.0 Å². The van der Waals surface area contributed by atoms with Crippen LogP contribution in [0, 0.1) is 6.92 Å². The van der Waals surface area contributed by atoms with E-state index in [0.29, 0.717) is 5.92 Å². The van der Waals surface area contributed by atoms with Crippen molar-refractivity contribution >= 4 is 6.01 Å². The first kappa shape index (κ1) is 13.7. The molecule has 1 heterocycles. The molecule has 2 rings (SSSR count). The molecule has 0 saturated carbocycles. The summed E-state index contributed by atoms with van der Waals surface area (Å²) in [6, 6.07) is 6.73. The zero-order valence-electron chi connectivity index (χ0n) is 12.3. The standard InChI is InChI=1S/C16H22N2O/c1-9(2)12-7-6-11(5)13(8-12)15-14(10(3)4)18-16(17)19-15/h6-10H,1-5H3,(H2,17,18). The van der Waals surface area contributed by atoms with Crippen LogP contribution < -0.4 is 5.73 Å². The zero-order chi connectivity index (χ0) is 14.2. The fourth-order valence-corrected chi connectivity index (χ4v) is 2.18. The van der Waals surface area contributed by atoms with E-state index < -0.39 is 0 Å². The van der Waals surface area contributed by atoms with Crippen molar-refractivity contribution in [2.75, 3.05) is 5.73 Å². The largest absolute Gasteiger partial charge is 0.423 e. The number of hydrogen-bond donors (Lipinski definition) is 1. The Kier molecular flexibility index (Phi) is 3.65. The molecule has 0 atom stereocenters. The van der Waals surface area contributed by atoms with E-state index in [9.17, 15) is 0 Å². The van der Waals surface area contributed by atoms with Crippen LogP contribution in [-0.4, -0.2) is 4.98 Å². The molecule has 0 aliphatic heterocycles. The molecule has 102 valence electrons. The van der Waals surface area contributed by atoms with Crippen molar-refractivity contribution in [3.8, 4) is 11.3 Å². The fraction of sp³-hybridized carbons (Fsp3) is 0.438. The van der Waals surface area contributed by atoms with Gasteiger partial charge in [0.05, 0.1) is 5.69 Å². The van der Waals surface area contributed by atoms with Crippen molar-refractivity contribution in [2.24, 2.45) is 0 Å². The molecule has 0 radical (unpaired) electrons. The Morgan fingerprint density at radius 3 is 2.37 bits per heavy atom. The molecular weight excluding hydrogens is 236 g/mol. The van der Waals surface area contributed by atoms with Gasteiger partial charge in [-0.05, 0) is 36.0 Å². The topological polar surface area (TPSA) is 52.0 Å². The second-order valence-corrected chi connectivity index (χ2v) is 5.65. The second-order valence-electron chi connectivity index (χ2n) is 5.65. The number of anilines is 1. The van der Waals surface area contributed by atoms with Gasteiger partial charge in [-0.25, -0.2) is 0 Å². The van der Waals surface area contributed by atoms with Gasteiger partial charge in [-0.15, -0.1) is 0 Å². The third kappa shape index (κ3) is 2.65. The number of hydrogen-bond acceptors (Lipinski definition) is 3. The number of nitrogens with two attached hydrogens (primary N) is 1. The monoisotopic (exact) mass is 258 g/mol. The summed E-state index contributed by atoms with van der Waals surface area (Å²) in [4.78, 5) is 4.31. The summed E-state index contributed by atoms with van der Waals surface area (Å²) in [6.07, 6.45) is 0. The molecule has 0 aliphatic rings. The molecule has 0 unspecified atom stereocenters. The van der Waals surface area contributed by atoms with Gasteiger partial charge < -0.3 is 10.2 Å². The lowest BCUT2D eigenvalue weighted by Crippen LogP contribution is -1.95. The van der Waals surface area contributed by atoms with Gasteiger partial charge in [0, 0.05) is 5.56 Å². The Morgan fingerprint density at radius 1 is 1.11 bits per heavy atom. The molecule has 1 aromatic carbocycles. The van der Waals surface area contributed by atoms with E-state index in [-0.39, 0.29) is 11.9 Å². The van der Waals surface area contributed by atoms with Crippen molar-refractivity contribution in [3.05, 3.63) is 35.0 Å². The minimum Gasteiger partial charge on any atom is -0.423 e. The van der Waals surface area contributed by atoms with Crippen LogP contribution in [0.5, 0.6) is 0 Å². The number of nitrogens with zero attached hydrogens (tertiary/aromatic N) is 1. The van der Waals surface area contributed by atoms with Crippen molar-refractivity contribution in [1.29, 1.82) is 0 Å². The van der Waals surface area contributed by atoms with Crippen molar-refractivity contribution in [1.82, 2.24) is 4.98 Å². The molecule has 0 spiro atoms. The summed E-state index contributed by atoms with van der Waals surface area (Å²) >= 11 is 0. The van der Waals surface area contributed by atoms with Gasteiger partial charge in [0.2, 0.25) is 0 Å². The van der Waals surface area contributed by atoms with Crippen LogP contribution in [0.2, 0.25) is 0 Å². The van der Waals surface area contributed by atoms with Gasteiger partial charge in [-0.2, -0.15) is 4.98 Å². The highest BCUT2D eigenvalue weighted by Crippen LogP contribution is 2.34. The van der Waals surface area contributed by atoms with Crippen LogP contribution >= 0.6 is 0 Å². The smallest absolute Gasteiger partial charge is 0.292 e. The molecule has 0 fully saturated rings. The third-order valence-electron chi connectivity index (χ3n) is 3.39. The van der Waals surface area contributed by atoms with Gasteiger partial charge in [0.15, 0.2) is 5.76 Å². The summed E-state index contributed by atoms with van der Waals surface area (Å²) in [5, 5.41) is 0. The molecule has 0 amide bonds. The third-order valence-corrected chi connectivity index (χ3v) is 3.39.